The van der Waals surface area contributed by atoms with E-state index in [1.54, 1.807) is 6.20 Å². The minimum Gasteiger partial charge on any atom is -0.378 e. The molecule has 0 spiro atoms. The monoisotopic (exact) mass is 289 g/mol. The van der Waals surface area contributed by atoms with Crippen LogP contribution in [0.3, 0.4) is 0 Å². The second-order valence-corrected chi connectivity index (χ2v) is 6.00. The molecule has 2 aliphatic heterocycles. The standard InChI is InChI=1S/C16H23N3O2/c1-13-3-2-6-19(12-13)14-4-5-17-15(11-14)16(20)18-7-9-21-10-8-18/h4-5,11,13H,2-3,6-10,12H2,1H3. The van der Waals surface area contributed by atoms with Crippen molar-refractivity contribution in [2.45, 2.75) is 19.8 Å². The van der Waals surface area contributed by atoms with Crippen LogP contribution in [0.5, 0.6) is 0 Å². The van der Waals surface area contributed by atoms with Gasteiger partial charge in [-0.15, -0.1) is 0 Å². The lowest BCUT2D eigenvalue weighted by Gasteiger charge is -2.33. The molecule has 1 amide bonds. The highest BCUT2D eigenvalue weighted by Gasteiger charge is 2.22. The number of piperidine rings is 1. The second-order valence-electron chi connectivity index (χ2n) is 6.00. The van der Waals surface area contributed by atoms with Crippen molar-refractivity contribution in [1.29, 1.82) is 0 Å². The Morgan fingerprint density at radius 2 is 2.14 bits per heavy atom. The maximum Gasteiger partial charge on any atom is 0.272 e. The number of hydrogen-bond donors (Lipinski definition) is 0. The van der Waals surface area contributed by atoms with Gasteiger partial charge in [-0.1, -0.05) is 6.92 Å². The molecule has 3 heterocycles. The van der Waals surface area contributed by atoms with Crippen LogP contribution in [0.4, 0.5) is 5.69 Å². The van der Waals surface area contributed by atoms with Gasteiger partial charge in [-0.25, -0.2) is 0 Å². The fraction of sp³-hybridized carbons (Fsp3) is 0.625. The third kappa shape index (κ3) is 3.35. The maximum atomic E-state index is 12.5. The van der Waals surface area contributed by atoms with Gasteiger partial charge in [-0.3, -0.25) is 9.78 Å². The van der Waals surface area contributed by atoms with Gasteiger partial charge in [0.25, 0.3) is 5.91 Å². The van der Waals surface area contributed by atoms with E-state index < -0.39 is 0 Å². The first kappa shape index (κ1) is 14.3. The summed E-state index contributed by atoms with van der Waals surface area (Å²) in [6.45, 7) is 6.98. The minimum atomic E-state index is 0.0187. The van der Waals surface area contributed by atoms with Crippen molar-refractivity contribution in [3.8, 4) is 0 Å². The maximum absolute atomic E-state index is 12.5. The fourth-order valence-electron chi connectivity index (χ4n) is 3.09. The van der Waals surface area contributed by atoms with Crippen LogP contribution < -0.4 is 4.90 Å². The summed E-state index contributed by atoms with van der Waals surface area (Å²) < 4.78 is 5.29. The summed E-state index contributed by atoms with van der Waals surface area (Å²) in [4.78, 5) is 21.0. The minimum absolute atomic E-state index is 0.0187. The number of carbonyl (C=O) groups excluding carboxylic acids is 1. The summed E-state index contributed by atoms with van der Waals surface area (Å²) in [6.07, 6.45) is 4.26. The molecule has 0 N–H and O–H groups in total. The van der Waals surface area contributed by atoms with Gasteiger partial charge >= 0.3 is 0 Å². The van der Waals surface area contributed by atoms with Crippen molar-refractivity contribution in [2.24, 2.45) is 5.92 Å². The van der Waals surface area contributed by atoms with Crippen LogP contribution in [0.15, 0.2) is 18.3 Å². The number of anilines is 1. The SMILES string of the molecule is CC1CCCN(c2ccnc(C(=O)N3CCOCC3)c2)C1. The lowest BCUT2D eigenvalue weighted by Crippen LogP contribution is -2.41. The molecule has 2 saturated heterocycles. The van der Waals surface area contributed by atoms with Crippen molar-refractivity contribution in [3.05, 3.63) is 24.0 Å². The first-order chi connectivity index (χ1) is 10.2. The molecule has 1 unspecified atom stereocenters. The van der Waals surface area contributed by atoms with E-state index in [0.29, 0.717) is 37.9 Å². The van der Waals surface area contributed by atoms with Crippen LogP contribution in [0.25, 0.3) is 0 Å². The number of rotatable bonds is 2. The summed E-state index contributed by atoms with van der Waals surface area (Å²) in [5, 5.41) is 0. The summed E-state index contributed by atoms with van der Waals surface area (Å²) in [7, 11) is 0. The first-order valence-corrected chi connectivity index (χ1v) is 7.82. The zero-order valence-electron chi connectivity index (χ0n) is 12.6. The average Bonchev–Trinajstić information content (AvgIpc) is 2.55. The molecule has 2 fully saturated rings. The number of amides is 1. The van der Waals surface area contributed by atoms with Crippen LogP contribution in [0.1, 0.15) is 30.3 Å². The van der Waals surface area contributed by atoms with Crippen molar-refractivity contribution in [2.75, 3.05) is 44.3 Å². The summed E-state index contributed by atoms with van der Waals surface area (Å²) in [5.74, 6) is 0.732. The molecule has 0 saturated carbocycles. The topological polar surface area (TPSA) is 45.7 Å². The quantitative estimate of drug-likeness (QED) is 0.833. The summed E-state index contributed by atoms with van der Waals surface area (Å²) >= 11 is 0. The third-order valence-electron chi connectivity index (χ3n) is 4.28. The normalized spacial score (nSPS) is 23.2. The van der Waals surface area contributed by atoms with E-state index in [0.717, 1.165) is 18.8 Å². The molecule has 2 aliphatic rings. The van der Waals surface area contributed by atoms with Crippen LogP contribution in [0, 0.1) is 5.92 Å². The lowest BCUT2D eigenvalue weighted by atomic mass is 10.00. The molecule has 0 aliphatic carbocycles. The average molecular weight is 289 g/mol. The van der Waals surface area contributed by atoms with Crippen molar-refractivity contribution >= 4 is 11.6 Å². The molecule has 5 heteroatoms. The van der Waals surface area contributed by atoms with Crippen LogP contribution in [0.2, 0.25) is 0 Å². The molecule has 1 atom stereocenters. The van der Waals surface area contributed by atoms with E-state index in [1.165, 1.54) is 12.8 Å². The van der Waals surface area contributed by atoms with Gasteiger partial charge in [0.05, 0.1) is 13.2 Å². The molecule has 0 radical (unpaired) electrons. The number of aromatic nitrogens is 1. The van der Waals surface area contributed by atoms with Crippen molar-refractivity contribution < 1.29 is 9.53 Å². The smallest absolute Gasteiger partial charge is 0.272 e. The Hall–Kier alpha value is -1.62. The second kappa shape index (κ2) is 6.43. The van der Waals surface area contributed by atoms with Gasteiger partial charge in [-0.2, -0.15) is 0 Å². The lowest BCUT2D eigenvalue weighted by molar-refractivity contribution is 0.0299. The van der Waals surface area contributed by atoms with Gasteiger partial charge in [0.1, 0.15) is 5.69 Å². The zero-order chi connectivity index (χ0) is 14.7. The number of carbonyl (C=O) groups is 1. The summed E-state index contributed by atoms with van der Waals surface area (Å²) in [5.41, 5.74) is 1.67. The van der Waals surface area contributed by atoms with Gasteiger partial charge < -0.3 is 14.5 Å². The Morgan fingerprint density at radius 3 is 2.90 bits per heavy atom. The van der Waals surface area contributed by atoms with E-state index >= 15 is 0 Å². The highest BCUT2D eigenvalue weighted by atomic mass is 16.5. The number of hydrogen-bond acceptors (Lipinski definition) is 4. The van der Waals surface area contributed by atoms with Gasteiger partial charge in [0, 0.05) is 38.1 Å². The van der Waals surface area contributed by atoms with E-state index in [-0.39, 0.29) is 5.91 Å². The Kier molecular flexibility index (Phi) is 4.39. The molecule has 1 aromatic heterocycles. The highest BCUT2D eigenvalue weighted by molar-refractivity contribution is 5.93. The van der Waals surface area contributed by atoms with Crippen LogP contribution in [-0.2, 0) is 4.74 Å². The molecular formula is C16H23N3O2. The molecule has 21 heavy (non-hydrogen) atoms. The van der Waals surface area contributed by atoms with Gasteiger partial charge in [-0.05, 0) is 30.9 Å². The molecule has 0 aromatic carbocycles. The zero-order valence-corrected chi connectivity index (χ0v) is 12.6. The Balaban J connectivity index is 1.74. The van der Waals surface area contributed by atoms with E-state index in [9.17, 15) is 4.79 Å². The predicted molar refractivity (Wildman–Crippen MR) is 81.6 cm³/mol. The molecule has 3 rings (SSSR count). The number of ether oxygens (including phenoxy) is 1. The first-order valence-electron chi connectivity index (χ1n) is 7.82. The number of morpholine rings is 1. The Morgan fingerprint density at radius 1 is 1.33 bits per heavy atom. The molecule has 1 aromatic rings. The number of nitrogens with zero attached hydrogens (tertiary/aromatic N) is 3. The van der Waals surface area contributed by atoms with Gasteiger partial charge in [0.15, 0.2) is 0 Å². The highest BCUT2D eigenvalue weighted by Crippen LogP contribution is 2.23. The van der Waals surface area contributed by atoms with E-state index in [4.69, 9.17) is 4.74 Å². The molecular weight excluding hydrogens is 266 g/mol. The molecule has 5 nitrogen and oxygen atoms in total. The van der Waals surface area contributed by atoms with E-state index in [2.05, 4.69) is 16.8 Å². The van der Waals surface area contributed by atoms with E-state index in [1.807, 2.05) is 17.0 Å². The van der Waals surface area contributed by atoms with Crippen LogP contribution in [-0.4, -0.2) is 55.2 Å². The number of pyridine rings is 1. The largest absolute Gasteiger partial charge is 0.378 e. The van der Waals surface area contributed by atoms with Crippen molar-refractivity contribution in [1.82, 2.24) is 9.88 Å². The van der Waals surface area contributed by atoms with Gasteiger partial charge in [0.2, 0.25) is 0 Å². The Labute approximate surface area is 125 Å². The van der Waals surface area contributed by atoms with Crippen molar-refractivity contribution in [3.63, 3.8) is 0 Å². The molecule has 114 valence electrons. The van der Waals surface area contributed by atoms with Crippen LogP contribution >= 0.6 is 0 Å². The predicted octanol–water partition coefficient (Wildman–Crippen LogP) is 1.79. The Bertz CT molecular complexity index is 500. The molecule has 0 bridgehead atoms. The third-order valence-corrected chi connectivity index (χ3v) is 4.28. The fourth-order valence-corrected chi connectivity index (χ4v) is 3.09. The summed E-state index contributed by atoms with van der Waals surface area (Å²) in [6, 6.07) is 3.95.